The molecule has 2 aromatic carbocycles. The van der Waals surface area contributed by atoms with Crippen LogP contribution in [0.15, 0.2) is 41.4 Å². The van der Waals surface area contributed by atoms with Gasteiger partial charge in [0.05, 0.1) is 11.1 Å². The summed E-state index contributed by atoms with van der Waals surface area (Å²) in [6, 6.07) is 6.58. The van der Waals surface area contributed by atoms with Crippen LogP contribution in [0, 0.1) is 12.7 Å². The Bertz CT molecular complexity index is 1150. The maximum Gasteiger partial charge on any atom is 0.573 e. The number of benzene rings is 2. The smallest absolute Gasteiger partial charge is 0.406 e. The van der Waals surface area contributed by atoms with Crippen LogP contribution < -0.4 is 15.4 Å². The molecule has 3 rings (SSSR count). The van der Waals surface area contributed by atoms with Crippen molar-refractivity contribution in [3.05, 3.63) is 58.9 Å². The Morgan fingerprint density at radius 1 is 1.21 bits per heavy atom. The molecule has 2 unspecified atom stereocenters. The molecule has 0 spiro atoms. The average molecular weight is 487 g/mol. The first-order valence-electron chi connectivity index (χ1n) is 9.43. The third kappa shape index (κ3) is 4.52. The quantitative estimate of drug-likeness (QED) is 0.632. The second-order valence-corrected chi connectivity index (χ2v) is 8.72. The van der Waals surface area contributed by atoms with Crippen LogP contribution >= 0.6 is 11.8 Å². The van der Waals surface area contributed by atoms with Gasteiger partial charge in [-0.25, -0.2) is 9.38 Å². The molecule has 2 amide bonds. The molecule has 6 nitrogen and oxygen atoms in total. The van der Waals surface area contributed by atoms with Gasteiger partial charge in [0.1, 0.15) is 5.75 Å². The van der Waals surface area contributed by atoms with E-state index in [1.165, 1.54) is 32.2 Å². The fourth-order valence-electron chi connectivity index (χ4n) is 3.54. The summed E-state index contributed by atoms with van der Waals surface area (Å²) >= 11 is 0.886. The van der Waals surface area contributed by atoms with E-state index < -0.39 is 45.8 Å². The van der Waals surface area contributed by atoms with Gasteiger partial charge in [-0.15, -0.1) is 24.9 Å². The number of hydrogen-bond acceptors (Lipinski definition) is 5. The van der Waals surface area contributed by atoms with E-state index in [4.69, 9.17) is 5.73 Å². The van der Waals surface area contributed by atoms with E-state index in [1.54, 1.807) is 6.92 Å². The standard InChI is InChI=1S/C21H18F5N3O3S/c1-10-13(5-4-6-14(10)20(19(27)31)18(23)28-11(2)33-20)17(30)29(3)16-8-7-12(9-15(16)22)32-21(24,25)26/h4-9,11H,1-3H3,(H2,27,31). The van der Waals surface area contributed by atoms with E-state index >= 15 is 0 Å². The highest BCUT2D eigenvalue weighted by atomic mass is 32.2. The van der Waals surface area contributed by atoms with Crippen molar-refractivity contribution < 1.29 is 36.3 Å². The van der Waals surface area contributed by atoms with Gasteiger partial charge >= 0.3 is 6.36 Å². The Morgan fingerprint density at radius 2 is 1.88 bits per heavy atom. The zero-order chi connectivity index (χ0) is 24.7. The molecule has 12 heteroatoms. The Morgan fingerprint density at radius 3 is 2.39 bits per heavy atom. The number of ether oxygens (including phenoxy) is 1. The lowest BCUT2D eigenvalue weighted by Gasteiger charge is -2.27. The van der Waals surface area contributed by atoms with E-state index in [1.807, 2.05) is 0 Å². The number of carbonyl (C=O) groups is 2. The molecule has 0 fully saturated rings. The van der Waals surface area contributed by atoms with Crippen LogP contribution in [0.5, 0.6) is 5.75 Å². The van der Waals surface area contributed by atoms with E-state index in [-0.39, 0.29) is 22.4 Å². The molecule has 2 aromatic rings. The first kappa shape index (κ1) is 24.5. The monoisotopic (exact) mass is 487 g/mol. The fraction of sp³-hybridized carbons (Fsp3) is 0.286. The summed E-state index contributed by atoms with van der Waals surface area (Å²) in [5.74, 6) is -4.64. The van der Waals surface area contributed by atoms with Crippen LogP contribution in [-0.2, 0) is 9.54 Å². The molecular weight excluding hydrogens is 469 g/mol. The van der Waals surface area contributed by atoms with Crippen molar-refractivity contribution in [1.29, 1.82) is 0 Å². The fourth-order valence-corrected chi connectivity index (χ4v) is 4.82. The van der Waals surface area contributed by atoms with Crippen molar-refractivity contribution in [2.75, 3.05) is 11.9 Å². The zero-order valence-corrected chi connectivity index (χ0v) is 18.4. The Hall–Kier alpha value is -3.15. The zero-order valence-electron chi connectivity index (χ0n) is 17.5. The van der Waals surface area contributed by atoms with Crippen molar-refractivity contribution in [2.24, 2.45) is 10.7 Å². The number of anilines is 1. The van der Waals surface area contributed by atoms with Crippen molar-refractivity contribution in [1.82, 2.24) is 0 Å². The molecule has 0 bridgehead atoms. The summed E-state index contributed by atoms with van der Waals surface area (Å²) in [6.07, 6.45) is -5.00. The van der Waals surface area contributed by atoms with Crippen LogP contribution in [0.2, 0.25) is 0 Å². The Kier molecular flexibility index (Phi) is 6.42. The maximum absolute atomic E-state index is 14.8. The lowest BCUT2D eigenvalue weighted by atomic mass is 9.90. The largest absolute Gasteiger partial charge is 0.573 e. The minimum Gasteiger partial charge on any atom is -0.406 e. The normalized spacial score (nSPS) is 20.4. The number of carbonyl (C=O) groups excluding carboxylic acids is 2. The van der Waals surface area contributed by atoms with E-state index in [0.717, 1.165) is 28.8 Å². The summed E-state index contributed by atoms with van der Waals surface area (Å²) in [5.41, 5.74) is 5.56. The van der Waals surface area contributed by atoms with E-state index in [2.05, 4.69) is 9.73 Å². The van der Waals surface area contributed by atoms with Gasteiger partial charge in [-0.1, -0.05) is 12.1 Å². The summed E-state index contributed by atoms with van der Waals surface area (Å²) < 4.78 is 68.0. The van der Waals surface area contributed by atoms with Crippen LogP contribution in [0.25, 0.3) is 0 Å². The Balaban J connectivity index is 1.99. The van der Waals surface area contributed by atoms with Gasteiger partial charge in [0.15, 0.2) is 10.6 Å². The minimum atomic E-state index is -5.00. The molecular formula is C21H18F5N3O3S. The first-order chi connectivity index (χ1) is 15.3. The van der Waals surface area contributed by atoms with Crippen molar-refractivity contribution in [3.8, 4) is 5.75 Å². The van der Waals surface area contributed by atoms with Gasteiger partial charge in [0.2, 0.25) is 11.9 Å². The number of amides is 2. The average Bonchev–Trinajstić information content (AvgIpc) is 3.01. The number of nitrogens with zero attached hydrogens (tertiary/aromatic N) is 2. The molecule has 2 atom stereocenters. The van der Waals surface area contributed by atoms with Gasteiger partial charge in [0, 0.05) is 18.7 Å². The predicted octanol–water partition coefficient (Wildman–Crippen LogP) is 4.45. The number of thioether (sulfide) groups is 1. The molecule has 2 N–H and O–H groups in total. The Labute approximate surface area is 189 Å². The van der Waals surface area contributed by atoms with E-state index in [0.29, 0.717) is 6.07 Å². The molecule has 1 aliphatic heterocycles. The number of halogens is 5. The highest BCUT2D eigenvalue weighted by Gasteiger charge is 2.52. The molecule has 0 radical (unpaired) electrons. The third-order valence-electron chi connectivity index (χ3n) is 5.04. The maximum atomic E-state index is 14.8. The molecule has 33 heavy (non-hydrogen) atoms. The van der Waals surface area contributed by atoms with Gasteiger partial charge < -0.3 is 15.4 Å². The van der Waals surface area contributed by atoms with Gasteiger partial charge in [-0.3, -0.25) is 9.59 Å². The lowest BCUT2D eigenvalue weighted by molar-refractivity contribution is -0.274. The number of rotatable bonds is 5. The second kappa shape index (κ2) is 8.65. The SMILES string of the molecule is Cc1c(C(=O)N(C)c2ccc(OC(F)(F)F)cc2F)cccc1C1(C(N)=O)SC(C)N=C1F. The molecule has 0 saturated heterocycles. The number of primary amides is 1. The molecule has 0 saturated carbocycles. The van der Waals surface area contributed by atoms with Gasteiger partial charge in [-0.05, 0) is 43.2 Å². The van der Waals surface area contributed by atoms with Crippen molar-refractivity contribution >= 4 is 35.2 Å². The molecule has 0 aromatic heterocycles. The van der Waals surface area contributed by atoms with Crippen LogP contribution in [0.3, 0.4) is 0 Å². The first-order valence-corrected chi connectivity index (χ1v) is 10.3. The molecule has 1 heterocycles. The van der Waals surface area contributed by atoms with Crippen molar-refractivity contribution in [2.45, 2.75) is 30.3 Å². The van der Waals surface area contributed by atoms with Crippen LogP contribution in [-0.4, -0.2) is 36.6 Å². The second-order valence-electron chi connectivity index (χ2n) is 7.19. The number of aliphatic imine (C=N–C) groups is 1. The summed E-state index contributed by atoms with van der Waals surface area (Å²) in [5, 5.41) is -0.592. The minimum absolute atomic E-state index is 0.0126. The summed E-state index contributed by atoms with van der Waals surface area (Å²) in [4.78, 5) is 30.0. The highest BCUT2D eigenvalue weighted by Crippen LogP contribution is 2.48. The number of alkyl halides is 3. The van der Waals surface area contributed by atoms with Gasteiger partial charge in [0.25, 0.3) is 5.91 Å². The van der Waals surface area contributed by atoms with Crippen molar-refractivity contribution in [3.63, 3.8) is 0 Å². The van der Waals surface area contributed by atoms with Gasteiger partial charge in [-0.2, -0.15) is 4.39 Å². The predicted molar refractivity (Wildman–Crippen MR) is 113 cm³/mol. The molecule has 0 aliphatic carbocycles. The molecule has 176 valence electrons. The number of hydrogen-bond donors (Lipinski definition) is 1. The third-order valence-corrected chi connectivity index (χ3v) is 6.43. The van der Waals surface area contributed by atoms with Crippen LogP contribution in [0.4, 0.5) is 27.6 Å². The molecule has 1 aliphatic rings. The number of nitrogens with two attached hydrogens (primary N) is 1. The van der Waals surface area contributed by atoms with E-state index in [9.17, 15) is 31.5 Å². The summed E-state index contributed by atoms with van der Waals surface area (Å²) in [7, 11) is 1.22. The lowest BCUT2D eigenvalue weighted by Crippen LogP contribution is -2.43. The summed E-state index contributed by atoms with van der Waals surface area (Å²) in [6.45, 7) is 3.07. The topological polar surface area (TPSA) is 85.0 Å². The highest BCUT2D eigenvalue weighted by molar-refractivity contribution is 8.02. The van der Waals surface area contributed by atoms with Crippen LogP contribution in [0.1, 0.15) is 28.4 Å².